The molecule has 12 heavy (non-hydrogen) atoms. The average Bonchev–Trinajstić information content (AvgIpc) is 2.14. The first kappa shape index (κ1) is 12.2. The third-order valence-corrected chi connectivity index (χ3v) is 3.56. The van der Waals surface area contributed by atoms with Crippen molar-refractivity contribution < 1.29 is 4.74 Å². The van der Waals surface area contributed by atoms with Crippen LogP contribution in [0, 0.1) is 5.41 Å². The predicted molar refractivity (Wildman–Crippen MR) is 57.8 cm³/mol. The molecule has 0 aromatic heterocycles. The zero-order chi connectivity index (χ0) is 9.61. The van der Waals surface area contributed by atoms with Crippen LogP contribution in [0.4, 0.5) is 0 Å². The molecule has 0 aromatic carbocycles. The minimum atomic E-state index is 0.163. The van der Waals surface area contributed by atoms with Crippen LogP contribution in [0.15, 0.2) is 12.7 Å². The fourth-order valence-corrected chi connectivity index (χ4v) is 1.56. The summed E-state index contributed by atoms with van der Waals surface area (Å²) in [6, 6.07) is 0. The maximum absolute atomic E-state index is 5.33. The van der Waals surface area contributed by atoms with Crippen molar-refractivity contribution in [3.8, 4) is 0 Å². The maximum atomic E-state index is 5.33. The zero-order valence-corrected chi connectivity index (χ0v) is 9.86. The number of methoxy groups -OCH3 is 1. The fourth-order valence-electron chi connectivity index (χ4n) is 1.11. The summed E-state index contributed by atoms with van der Waals surface area (Å²) in [4.78, 5) is 0. The third-order valence-electron chi connectivity index (χ3n) is 2.28. The highest BCUT2D eigenvalue weighted by Crippen LogP contribution is 2.28. The largest absolute Gasteiger partial charge is 0.381 e. The van der Waals surface area contributed by atoms with Crippen LogP contribution in [-0.4, -0.2) is 18.5 Å². The van der Waals surface area contributed by atoms with E-state index in [1.165, 1.54) is 0 Å². The SMILES string of the molecule is C=CC(C)(CBr)CC(CC)OC. The van der Waals surface area contributed by atoms with Gasteiger partial charge in [-0.2, -0.15) is 0 Å². The Bertz CT molecular complexity index is 132. The first-order valence-corrected chi connectivity index (χ1v) is 5.46. The highest BCUT2D eigenvalue weighted by Gasteiger charge is 2.22. The summed E-state index contributed by atoms with van der Waals surface area (Å²) < 4.78 is 5.33. The van der Waals surface area contributed by atoms with Crippen molar-refractivity contribution in [1.29, 1.82) is 0 Å². The van der Waals surface area contributed by atoms with Crippen LogP contribution in [0.25, 0.3) is 0 Å². The molecule has 0 aliphatic carbocycles. The van der Waals surface area contributed by atoms with E-state index in [9.17, 15) is 0 Å². The molecule has 0 saturated heterocycles. The van der Waals surface area contributed by atoms with E-state index in [0.717, 1.165) is 18.2 Å². The monoisotopic (exact) mass is 234 g/mol. The summed E-state index contributed by atoms with van der Waals surface area (Å²) in [5.41, 5.74) is 0.163. The molecule has 2 unspecified atom stereocenters. The molecule has 0 amide bonds. The number of halogens is 1. The topological polar surface area (TPSA) is 9.23 Å². The smallest absolute Gasteiger partial charge is 0.0577 e. The second-order valence-corrected chi connectivity index (χ2v) is 4.02. The van der Waals surface area contributed by atoms with Gasteiger partial charge >= 0.3 is 0 Å². The van der Waals surface area contributed by atoms with Crippen LogP contribution in [-0.2, 0) is 4.74 Å². The van der Waals surface area contributed by atoms with Crippen LogP contribution in [0.1, 0.15) is 26.7 Å². The van der Waals surface area contributed by atoms with Gasteiger partial charge in [-0.1, -0.05) is 35.9 Å². The minimum Gasteiger partial charge on any atom is -0.381 e. The van der Waals surface area contributed by atoms with E-state index in [1.807, 2.05) is 6.08 Å². The van der Waals surface area contributed by atoms with Gasteiger partial charge in [-0.25, -0.2) is 0 Å². The van der Waals surface area contributed by atoms with E-state index in [2.05, 4.69) is 36.4 Å². The van der Waals surface area contributed by atoms with E-state index in [-0.39, 0.29) is 5.41 Å². The Morgan fingerprint density at radius 1 is 1.67 bits per heavy atom. The number of alkyl halides is 1. The van der Waals surface area contributed by atoms with Crippen molar-refractivity contribution in [2.45, 2.75) is 32.8 Å². The lowest BCUT2D eigenvalue weighted by molar-refractivity contribution is 0.0708. The summed E-state index contributed by atoms with van der Waals surface area (Å²) in [6.45, 7) is 8.18. The van der Waals surface area contributed by atoms with Gasteiger partial charge in [0.1, 0.15) is 0 Å². The Morgan fingerprint density at radius 3 is 2.50 bits per heavy atom. The molecule has 2 heteroatoms. The van der Waals surface area contributed by atoms with Gasteiger partial charge in [-0.3, -0.25) is 0 Å². The van der Waals surface area contributed by atoms with Gasteiger partial charge in [0.05, 0.1) is 6.10 Å². The molecular formula is C10H19BrO. The standard InChI is InChI=1S/C10H19BrO/c1-5-9(12-4)7-10(3,6-2)8-11/h6,9H,2,5,7-8H2,1,3-4H3. The molecule has 0 bridgehead atoms. The van der Waals surface area contributed by atoms with Gasteiger partial charge in [-0.05, 0) is 18.3 Å². The highest BCUT2D eigenvalue weighted by atomic mass is 79.9. The van der Waals surface area contributed by atoms with Crippen molar-refractivity contribution >= 4 is 15.9 Å². The van der Waals surface area contributed by atoms with Gasteiger partial charge < -0.3 is 4.74 Å². The fraction of sp³-hybridized carbons (Fsp3) is 0.800. The third kappa shape index (κ3) is 3.72. The molecule has 0 heterocycles. The summed E-state index contributed by atoms with van der Waals surface area (Å²) >= 11 is 3.49. The van der Waals surface area contributed by atoms with Crippen molar-refractivity contribution in [1.82, 2.24) is 0 Å². The highest BCUT2D eigenvalue weighted by molar-refractivity contribution is 9.09. The van der Waals surface area contributed by atoms with Crippen molar-refractivity contribution in [3.63, 3.8) is 0 Å². The summed E-state index contributed by atoms with van der Waals surface area (Å²) in [6.07, 6.45) is 4.45. The molecule has 0 aliphatic rings. The zero-order valence-electron chi connectivity index (χ0n) is 8.27. The van der Waals surface area contributed by atoms with E-state index in [1.54, 1.807) is 7.11 Å². The Kier molecular flexibility index (Phi) is 5.85. The normalized spacial score (nSPS) is 18.3. The Balaban J connectivity index is 4.08. The number of rotatable bonds is 6. The van der Waals surface area contributed by atoms with Crippen LogP contribution in [0.3, 0.4) is 0 Å². The molecule has 0 radical (unpaired) electrons. The number of hydrogen-bond donors (Lipinski definition) is 0. The van der Waals surface area contributed by atoms with Gasteiger partial charge in [0, 0.05) is 12.4 Å². The summed E-state index contributed by atoms with van der Waals surface area (Å²) in [5, 5.41) is 0.948. The molecule has 0 aromatic rings. The molecule has 0 N–H and O–H groups in total. The van der Waals surface area contributed by atoms with Crippen LogP contribution in [0.5, 0.6) is 0 Å². The summed E-state index contributed by atoms with van der Waals surface area (Å²) in [7, 11) is 1.77. The summed E-state index contributed by atoms with van der Waals surface area (Å²) in [5.74, 6) is 0. The van der Waals surface area contributed by atoms with Crippen molar-refractivity contribution in [2.75, 3.05) is 12.4 Å². The first-order valence-electron chi connectivity index (χ1n) is 4.34. The molecule has 0 aliphatic heterocycles. The molecule has 0 rings (SSSR count). The maximum Gasteiger partial charge on any atom is 0.0577 e. The van der Waals surface area contributed by atoms with E-state index < -0.39 is 0 Å². The molecule has 72 valence electrons. The minimum absolute atomic E-state index is 0.163. The van der Waals surface area contributed by atoms with Crippen LogP contribution < -0.4 is 0 Å². The Hall–Kier alpha value is 0.180. The first-order chi connectivity index (χ1) is 5.61. The molecule has 1 nitrogen and oxygen atoms in total. The van der Waals surface area contributed by atoms with Gasteiger partial charge in [0.15, 0.2) is 0 Å². The average molecular weight is 235 g/mol. The van der Waals surface area contributed by atoms with Crippen LogP contribution in [0.2, 0.25) is 0 Å². The molecule has 2 atom stereocenters. The Morgan fingerprint density at radius 2 is 2.25 bits per heavy atom. The van der Waals surface area contributed by atoms with Gasteiger partial charge in [-0.15, -0.1) is 6.58 Å². The Labute approximate surface area is 84.3 Å². The van der Waals surface area contributed by atoms with Gasteiger partial charge in [0.2, 0.25) is 0 Å². The van der Waals surface area contributed by atoms with E-state index in [4.69, 9.17) is 4.74 Å². The lowest BCUT2D eigenvalue weighted by Crippen LogP contribution is -2.23. The lowest BCUT2D eigenvalue weighted by atomic mass is 9.86. The lowest BCUT2D eigenvalue weighted by Gasteiger charge is -2.27. The van der Waals surface area contributed by atoms with E-state index >= 15 is 0 Å². The van der Waals surface area contributed by atoms with Crippen molar-refractivity contribution in [3.05, 3.63) is 12.7 Å². The number of ether oxygens (including phenoxy) is 1. The number of hydrogen-bond acceptors (Lipinski definition) is 1. The second kappa shape index (κ2) is 5.76. The molecule has 0 fully saturated rings. The molecule has 0 spiro atoms. The molecular weight excluding hydrogens is 216 g/mol. The van der Waals surface area contributed by atoms with Gasteiger partial charge in [0.25, 0.3) is 0 Å². The van der Waals surface area contributed by atoms with Crippen molar-refractivity contribution in [2.24, 2.45) is 5.41 Å². The quantitative estimate of drug-likeness (QED) is 0.506. The predicted octanol–water partition coefficient (Wildman–Crippen LogP) is 3.39. The number of allylic oxidation sites excluding steroid dienone is 1. The van der Waals surface area contributed by atoms with Crippen LogP contribution >= 0.6 is 15.9 Å². The van der Waals surface area contributed by atoms with E-state index in [0.29, 0.717) is 6.10 Å². The molecule has 0 saturated carbocycles. The second-order valence-electron chi connectivity index (χ2n) is 3.46.